The van der Waals surface area contributed by atoms with E-state index in [9.17, 15) is 0 Å². The first-order valence-corrected chi connectivity index (χ1v) is 6.32. The third-order valence-corrected chi connectivity index (χ3v) is 2.65. The Balaban J connectivity index is 2.83. The molecule has 0 saturated heterocycles. The zero-order chi connectivity index (χ0) is 13.2. The predicted octanol–water partition coefficient (Wildman–Crippen LogP) is 1.83. The molecule has 0 amide bonds. The number of pyridine rings is 1. The topological polar surface area (TPSA) is 37.4 Å². The number of ether oxygens (including phenoxy) is 1. The van der Waals surface area contributed by atoms with Gasteiger partial charge in [0.05, 0.1) is 6.61 Å². The van der Waals surface area contributed by atoms with E-state index in [4.69, 9.17) is 4.74 Å². The van der Waals surface area contributed by atoms with Crippen molar-refractivity contribution in [3.05, 3.63) is 36.5 Å². The van der Waals surface area contributed by atoms with E-state index >= 15 is 0 Å². The fraction of sp³-hybridized carbons (Fsp3) is 0.500. The number of hydrogen-bond acceptors (Lipinski definition) is 4. The number of methoxy groups -OCH3 is 1. The summed E-state index contributed by atoms with van der Waals surface area (Å²) in [7, 11) is 1.71. The van der Waals surface area contributed by atoms with Crippen LogP contribution in [0.15, 0.2) is 31.0 Å². The van der Waals surface area contributed by atoms with Crippen LogP contribution in [0.3, 0.4) is 0 Å². The second-order valence-corrected chi connectivity index (χ2v) is 3.99. The lowest BCUT2D eigenvalue weighted by Gasteiger charge is -2.24. The zero-order valence-electron chi connectivity index (χ0n) is 11.4. The minimum Gasteiger partial charge on any atom is -0.383 e. The lowest BCUT2D eigenvalue weighted by atomic mass is 10.2. The average molecular weight is 249 g/mol. The number of rotatable bonds is 9. The molecule has 0 aromatic carbocycles. The van der Waals surface area contributed by atoms with Crippen LogP contribution in [0, 0.1) is 0 Å². The molecular formula is C14H23N3O. The summed E-state index contributed by atoms with van der Waals surface area (Å²) in [4.78, 5) is 6.67. The molecule has 1 heterocycles. The molecule has 0 fully saturated rings. The van der Waals surface area contributed by atoms with Gasteiger partial charge < -0.3 is 15.0 Å². The van der Waals surface area contributed by atoms with E-state index in [2.05, 4.69) is 34.8 Å². The van der Waals surface area contributed by atoms with E-state index < -0.39 is 0 Å². The Hall–Kier alpha value is -1.39. The van der Waals surface area contributed by atoms with E-state index in [0.717, 1.165) is 32.0 Å². The van der Waals surface area contributed by atoms with Crippen molar-refractivity contribution >= 4 is 5.82 Å². The Kier molecular flexibility index (Phi) is 7.06. The van der Waals surface area contributed by atoms with Gasteiger partial charge in [0, 0.05) is 38.5 Å². The van der Waals surface area contributed by atoms with Crippen molar-refractivity contribution < 1.29 is 4.74 Å². The Morgan fingerprint density at radius 2 is 2.39 bits per heavy atom. The van der Waals surface area contributed by atoms with Crippen molar-refractivity contribution in [1.82, 2.24) is 10.3 Å². The van der Waals surface area contributed by atoms with Crippen molar-refractivity contribution in [3.63, 3.8) is 0 Å². The average Bonchev–Trinajstić information content (AvgIpc) is 2.41. The van der Waals surface area contributed by atoms with Crippen LogP contribution in [-0.4, -0.2) is 38.3 Å². The van der Waals surface area contributed by atoms with Crippen molar-refractivity contribution in [1.29, 1.82) is 0 Å². The van der Waals surface area contributed by atoms with Gasteiger partial charge in [0.25, 0.3) is 0 Å². The molecule has 0 unspecified atom stereocenters. The highest BCUT2D eigenvalue weighted by molar-refractivity contribution is 5.47. The monoisotopic (exact) mass is 249 g/mol. The molecule has 0 bridgehead atoms. The fourth-order valence-corrected chi connectivity index (χ4v) is 1.75. The summed E-state index contributed by atoms with van der Waals surface area (Å²) in [5.41, 5.74) is 1.21. The molecule has 0 aliphatic carbocycles. The molecular weight excluding hydrogens is 226 g/mol. The summed E-state index contributed by atoms with van der Waals surface area (Å²) in [5.74, 6) is 1.01. The molecule has 4 heteroatoms. The number of nitrogens with one attached hydrogen (secondary N) is 1. The van der Waals surface area contributed by atoms with Crippen LogP contribution in [0.4, 0.5) is 5.82 Å². The Labute approximate surface area is 110 Å². The SMILES string of the molecule is C=CCN(CCOC)c1ncccc1CNCC. The highest BCUT2D eigenvalue weighted by atomic mass is 16.5. The van der Waals surface area contributed by atoms with E-state index in [0.29, 0.717) is 6.61 Å². The van der Waals surface area contributed by atoms with Gasteiger partial charge in [-0.1, -0.05) is 19.1 Å². The summed E-state index contributed by atoms with van der Waals surface area (Å²) in [5, 5.41) is 3.33. The molecule has 0 aliphatic heterocycles. The van der Waals surface area contributed by atoms with Crippen LogP contribution in [-0.2, 0) is 11.3 Å². The van der Waals surface area contributed by atoms with Crippen molar-refractivity contribution in [2.75, 3.05) is 38.3 Å². The number of hydrogen-bond donors (Lipinski definition) is 1. The molecule has 100 valence electrons. The maximum atomic E-state index is 5.14. The fourth-order valence-electron chi connectivity index (χ4n) is 1.75. The molecule has 0 aliphatic rings. The maximum absolute atomic E-state index is 5.14. The first-order chi connectivity index (χ1) is 8.83. The summed E-state index contributed by atoms with van der Waals surface area (Å²) in [6.07, 6.45) is 3.72. The van der Waals surface area contributed by atoms with Crippen LogP contribution in [0.2, 0.25) is 0 Å². The molecule has 0 atom stereocenters. The standard InChI is InChI=1S/C14H23N3O/c1-4-9-17(10-11-18-3)14-13(12-15-5-2)7-6-8-16-14/h4,6-8,15H,1,5,9-12H2,2-3H3. The minimum absolute atomic E-state index is 0.686. The summed E-state index contributed by atoms with van der Waals surface area (Å²) in [6, 6.07) is 4.08. The van der Waals surface area contributed by atoms with E-state index in [1.807, 2.05) is 18.3 Å². The summed E-state index contributed by atoms with van der Waals surface area (Å²) < 4.78 is 5.14. The molecule has 0 saturated carbocycles. The van der Waals surface area contributed by atoms with Crippen molar-refractivity contribution in [3.8, 4) is 0 Å². The maximum Gasteiger partial charge on any atom is 0.133 e. The zero-order valence-corrected chi connectivity index (χ0v) is 11.4. The van der Waals surface area contributed by atoms with Crippen LogP contribution < -0.4 is 10.2 Å². The van der Waals surface area contributed by atoms with Gasteiger partial charge in [0.1, 0.15) is 5.82 Å². The Morgan fingerprint density at radius 3 is 3.06 bits per heavy atom. The van der Waals surface area contributed by atoms with Gasteiger partial charge in [-0.05, 0) is 12.6 Å². The Morgan fingerprint density at radius 1 is 1.56 bits per heavy atom. The number of nitrogens with zero attached hydrogens (tertiary/aromatic N) is 2. The third kappa shape index (κ3) is 4.47. The molecule has 18 heavy (non-hydrogen) atoms. The second kappa shape index (κ2) is 8.66. The molecule has 1 N–H and O–H groups in total. The first kappa shape index (κ1) is 14.7. The lowest BCUT2D eigenvalue weighted by molar-refractivity contribution is 0.205. The van der Waals surface area contributed by atoms with Gasteiger partial charge >= 0.3 is 0 Å². The molecule has 1 aromatic heterocycles. The van der Waals surface area contributed by atoms with Crippen molar-refractivity contribution in [2.24, 2.45) is 0 Å². The van der Waals surface area contributed by atoms with Crippen LogP contribution in [0.5, 0.6) is 0 Å². The summed E-state index contributed by atoms with van der Waals surface area (Å²) in [6.45, 7) is 9.97. The van der Waals surface area contributed by atoms with Gasteiger partial charge in [0.2, 0.25) is 0 Å². The predicted molar refractivity (Wildman–Crippen MR) is 75.9 cm³/mol. The van der Waals surface area contributed by atoms with Crippen molar-refractivity contribution in [2.45, 2.75) is 13.5 Å². The second-order valence-electron chi connectivity index (χ2n) is 3.99. The molecule has 0 radical (unpaired) electrons. The molecule has 4 nitrogen and oxygen atoms in total. The quantitative estimate of drug-likeness (QED) is 0.678. The minimum atomic E-state index is 0.686. The molecule has 1 rings (SSSR count). The Bertz CT molecular complexity index is 355. The molecule has 1 aromatic rings. The normalized spacial score (nSPS) is 10.3. The number of anilines is 1. The van der Waals surface area contributed by atoms with E-state index in [-0.39, 0.29) is 0 Å². The highest BCUT2D eigenvalue weighted by Gasteiger charge is 2.10. The van der Waals surface area contributed by atoms with Gasteiger partial charge in [-0.3, -0.25) is 0 Å². The van der Waals surface area contributed by atoms with Crippen LogP contribution in [0.25, 0.3) is 0 Å². The lowest BCUT2D eigenvalue weighted by Crippen LogP contribution is -2.30. The third-order valence-electron chi connectivity index (χ3n) is 2.65. The number of aromatic nitrogens is 1. The van der Waals surface area contributed by atoms with Gasteiger partial charge in [-0.2, -0.15) is 0 Å². The van der Waals surface area contributed by atoms with E-state index in [1.165, 1.54) is 5.56 Å². The highest BCUT2D eigenvalue weighted by Crippen LogP contribution is 2.16. The summed E-state index contributed by atoms with van der Waals surface area (Å²) >= 11 is 0. The van der Waals surface area contributed by atoms with Gasteiger partial charge in [-0.15, -0.1) is 6.58 Å². The van der Waals surface area contributed by atoms with Crippen LogP contribution >= 0.6 is 0 Å². The van der Waals surface area contributed by atoms with E-state index in [1.54, 1.807) is 7.11 Å². The first-order valence-electron chi connectivity index (χ1n) is 6.32. The molecule has 0 spiro atoms. The van der Waals surface area contributed by atoms with Gasteiger partial charge in [-0.25, -0.2) is 4.98 Å². The smallest absolute Gasteiger partial charge is 0.133 e. The van der Waals surface area contributed by atoms with Gasteiger partial charge in [0.15, 0.2) is 0 Å². The largest absolute Gasteiger partial charge is 0.383 e. The van der Waals surface area contributed by atoms with Crippen LogP contribution in [0.1, 0.15) is 12.5 Å².